The van der Waals surface area contributed by atoms with Gasteiger partial charge in [-0.05, 0) is 0 Å². The van der Waals surface area contributed by atoms with Crippen molar-refractivity contribution in [3.05, 3.63) is 0 Å². The van der Waals surface area contributed by atoms with Crippen molar-refractivity contribution in [1.29, 1.82) is 0 Å². The molecule has 0 saturated carbocycles. The summed E-state index contributed by atoms with van der Waals surface area (Å²) in [5, 5.41) is 3.46. The van der Waals surface area contributed by atoms with Gasteiger partial charge in [0.05, 0.1) is 0 Å². The first-order valence-corrected chi connectivity index (χ1v) is 19.7. The van der Waals surface area contributed by atoms with E-state index in [4.69, 9.17) is 11.5 Å². The molecular weight excluding hydrogens is 410 g/mol. The molecule has 0 radical (unpaired) electrons. The zero-order chi connectivity index (χ0) is 11.7. The molecule has 0 aliphatic carbocycles. The number of hydrogen-bond acceptors (Lipinski definition) is 7. The minimum atomic E-state index is -1.89. The summed E-state index contributed by atoms with van der Waals surface area (Å²) < 4.78 is 0. The fraction of sp³-hybridized carbons (Fsp3) is 1.00. The second-order valence-electron chi connectivity index (χ2n) is 3.22. The van der Waals surface area contributed by atoms with Gasteiger partial charge in [0.1, 0.15) is 0 Å². The summed E-state index contributed by atoms with van der Waals surface area (Å²) in [5.74, 6) is 4.74. The Labute approximate surface area is 138 Å². The maximum absolute atomic E-state index is 5.65. The Bertz CT molecular complexity index is 170. The van der Waals surface area contributed by atoms with Crippen LogP contribution in [0, 0.1) is 0 Å². The number of halogens is 2. The van der Waals surface area contributed by atoms with E-state index in [1.807, 2.05) is 0 Å². The molecule has 0 bridgehead atoms. The number of nitrogens with two attached hydrogens (primary N) is 2. The summed E-state index contributed by atoms with van der Waals surface area (Å²) in [4.78, 5) is 0. The SMILES string of the molecule is Cl.Cl.NCC[S][Ge]1([S]CCN)[S]CCNCC[S]1. The molecule has 0 aromatic carbocycles. The Morgan fingerprint density at radius 2 is 1.39 bits per heavy atom. The fourth-order valence-corrected chi connectivity index (χ4v) is 39.1. The summed E-state index contributed by atoms with van der Waals surface area (Å²) in [6, 6.07) is 0. The van der Waals surface area contributed by atoms with Crippen LogP contribution in [0.3, 0.4) is 0 Å². The standard InChI is InChI=1S/C8H21GeN3S4.2ClH/c10-1-5-13-9(14-6-2-11)15-7-3-12-4-8-16-9;;/h12H,1-8,10-11H2;2*1H. The minimum absolute atomic E-state index is 0. The Balaban J connectivity index is 0. The molecule has 3 nitrogen and oxygen atoms in total. The molecule has 0 aromatic heterocycles. The predicted octanol–water partition coefficient (Wildman–Crippen LogP) is 1.72. The fourth-order valence-electron chi connectivity index (χ4n) is 1.24. The molecule has 0 spiro atoms. The van der Waals surface area contributed by atoms with E-state index in [1.165, 1.54) is 11.5 Å². The predicted molar refractivity (Wildman–Crippen MR) is 101 cm³/mol. The van der Waals surface area contributed by atoms with Crippen LogP contribution in [-0.4, -0.2) is 57.9 Å². The van der Waals surface area contributed by atoms with Crippen LogP contribution in [-0.2, 0) is 0 Å². The van der Waals surface area contributed by atoms with Gasteiger partial charge in [-0.25, -0.2) is 0 Å². The normalized spacial score (nSPS) is 19.0. The Hall–Kier alpha value is 2.40. The zero-order valence-corrected chi connectivity index (χ0v) is 17.3. The van der Waals surface area contributed by atoms with Gasteiger partial charge in [0, 0.05) is 0 Å². The average molecular weight is 433 g/mol. The number of nitrogens with one attached hydrogen (secondary N) is 1. The van der Waals surface area contributed by atoms with Gasteiger partial charge in [-0.15, -0.1) is 24.8 Å². The van der Waals surface area contributed by atoms with Crippen LogP contribution in [0.2, 0.25) is 0 Å². The molecular formula is C8H23Cl2GeN3S4. The van der Waals surface area contributed by atoms with E-state index in [-0.39, 0.29) is 24.8 Å². The van der Waals surface area contributed by atoms with Gasteiger partial charge >= 0.3 is 115 Å². The van der Waals surface area contributed by atoms with Crippen LogP contribution >= 0.6 is 65.2 Å². The second-order valence-corrected chi connectivity index (χ2v) is 36.2. The van der Waals surface area contributed by atoms with Gasteiger partial charge in [-0.2, -0.15) is 0 Å². The zero-order valence-electron chi connectivity index (χ0n) is 10.3. The summed E-state index contributed by atoms with van der Waals surface area (Å²) in [7, 11) is 6.92. The molecule has 0 atom stereocenters. The first-order valence-electron chi connectivity index (χ1n) is 5.49. The molecule has 112 valence electrons. The van der Waals surface area contributed by atoms with Crippen LogP contribution in [0.25, 0.3) is 0 Å². The molecule has 0 unspecified atom stereocenters. The molecule has 0 aromatic rings. The maximum atomic E-state index is 5.65. The number of rotatable bonds is 6. The average Bonchev–Trinajstić information content (AvgIpc) is 2.27. The van der Waals surface area contributed by atoms with Crippen LogP contribution in [0.5, 0.6) is 0 Å². The van der Waals surface area contributed by atoms with Crippen molar-refractivity contribution < 1.29 is 0 Å². The van der Waals surface area contributed by atoms with Crippen molar-refractivity contribution in [1.82, 2.24) is 5.32 Å². The second kappa shape index (κ2) is 14.3. The summed E-state index contributed by atoms with van der Waals surface area (Å²) in [6.45, 7) is 3.93. The van der Waals surface area contributed by atoms with E-state index >= 15 is 0 Å². The Morgan fingerprint density at radius 1 is 0.944 bits per heavy atom. The van der Waals surface area contributed by atoms with Crippen LogP contribution in [0.15, 0.2) is 0 Å². The van der Waals surface area contributed by atoms with E-state index in [1.54, 1.807) is 0 Å². The molecule has 1 saturated heterocycles. The summed E-state index contributed by atoms with van der Waals surface area (Å²) in [5.41, 5.74) is 11.3. The van der Waals surface area contributed by atoms with E-state index in [9.17, 15) is 0 Å². The third kappa shape index (κ3) is 9.36. The molecule has 1 aliphatic heterocycles. The van der Waals surface area contributed by atoms with Crippen molar-refractivity contribution in [3.63, 3.8) is 0 Å². The summed E-state index contributed by atoms with van der Waals surface area (Å²) >= 11 is 0. The van der Waals surface area contributed by atoms with Gasteiger partial charge in [0.15, 0.2) is 0 Å². The molecule has 18 heavy (non-hydrogen) atoms. The van der Waals surface area contributed by atoms with Crippen molar-refractivity contribution in [3.8, 4) is 0 Å². The van der Waals surface area contributed by atoms with Gasteiger partial charge in [0.2, 0.25) is 0 Å². The molecule has 1 fully saturated rings. The van der Waals surface area contributed by atoms with Crippen molar-refractivity contribution in [2.45, 2.75) is 0 Å². The van der Waals surface area contributed by atoms with E-state index in [0.29, 0.717) is 0 Å². The van der Waals surface area contributed by atoms with E-state index in [0.717, 1.165) is 37.7 Å². The third-order valence-corrected chi connectivity index (χ3v) is 41.1. The van der Waals surface area contributed by atoms with Gasteiger partial charge in [-0.1, -0.05) is 0 Å². The van der Waals surface area contributed by atoms with Gasteiger partial charge in [-0.3, -0.25) is 0 Å². The Kier molecular flexibility index (Phi) is 18.1. The van der Waals surface area contributed by atoms with Crippen LogP contribution < -0.4 is 16.8 Å². The quantitative estimate of drug-likeness (QED) is 0.552. The Morgan fingerprint density at radius 3 is 1.78 bits per heavy atom. The molecule has 0 amide bonds. The first-order chi connectivity index (χ1) is 7.83. The van der Waals surface area contributed by atoms with Crippen molar-refractivity contribution in [2.75, 3.05) is 49.2 Å². The van der Waals surface area contributed by atoms with Gasteiger partial charge in [0.25, 0.3) is 0 Å². The monoisotopic (exact) mass is 433 g/mol. The molecule has 10 heteroatoms. The molecule has 5 N–H and O–H groups in total. The van der Waals surface area contributed by atoms with E-state index < -0.39 is 8.70 Å². The summed E-state index contributed by atoms with van der Waals surface area (Å²) in [6.07, 6.45) is 0. The van der Waals surface area contributed by atoms with Crippen molar-refractivity contribution >= 4 is 73.9 Å². The number of hydrogen-bond donors (Lipinski definition) is 3. The topological polar surface area (TPSA) is 64.1 Å². The molecule has 1 rings (SSSR count). The first kappa shape index (κ1) is 22.7. The van der Waals surface area contributed by atoms with Gasteiger partial charge < -0.3 is 0 Å². The molecule has 1 aliphatic rings. The molecule has 1 heterocycles. The third-order valence-electron chi connectivity index (χ3n) is 1.91. The van der Waals surface area contributed by atoms with Crippen LogP contribution in [0.1, 0.15) is 0 Å². The van der Waals surface area contributed by atoms with E-state index in [2.05, 4.69) is 45.7 Å². The van der Waals surface area contributed by atoms with Crippen LogP contribution in [0.4, 0.5) is 0 Å². The van der Waals surface area contributed by atoms with Crippen molar-refractivity contribution in [2.24, 2.45) is 11.5 Å².